The summed E-state index contributed by atoms with van der Waals surface area (Å²) >= 11 is 0. The van der Waals surface area contributed by atoms with Crippen LogP contribution in [0.25, 0.3) is 0 Å². The summed E-state index contributed by atoms with van der Waals surface area (Å²) in [5.41, 5.74) is 0.366. The van der Waals surface area contributed by atoms with Crippen LogP contribution in [0, 0.1) is 5.92 Å². The Morgan fingerprint density at radius 2 is 2.23 bits per heavy atom. The number of rotatable bonds is 7. The maximum atomic E-state index is 11.8. The fraction of sp³-hybridized carbons (Fsp3) is 0.733. The molecule has 1 aliphatic carbocycles. The first-order valence-electron chi connectivity index (χ1n) is 7.63. The number of ether oxygens (including phenoxy) is 2. The van der Waals surface area contributed by atoms with Crippen LogP contribution in [-0.4, -0.2) is 41.7 Å². The molecular weight excluding hydrogens is 284 g/mol. The summed E-state index contributed by atoms with van der Waals surface area (Å²) in [6.07, 6.45) is 3.70. The van der Waals surface area contributed by atoms with Crippen LogP contribution in [0.3, 0.4) is 0 Å². The molecule has 1 atom stereocenters. The summed E-state index contributed by atoms with van der Waals surface area (Å²) in [4.78, 5) is 11.8. The number of hydrogen-bond donors (Lipinski definition) is 3. The Bertz CT molecular complexity index is 491. The zero-order chi connectivity index (χ0) is 16.2. The summed E-state index contributed by atoms with van der Waals surface area (Å²) in [5, 5.41) is 12.9. The van der Waals surface area contributed by atoms with Crippen LogP contribution in [-0.2, 0) is 16.0 Å². The molecule has 1 aliphatic rings. The Morgan fingerprint density at radius 1 is 1.50 bits per heavy atom. The number of anilines is 1. The van der Waals surface area contributed by atoms with Crippen molar-refractivity contribution in [2.24, 2.45) is 5.92 Å². The second kappa shape index (κ2) is 7.11. The fourth-order valence-electron chi connectivity index (χ4n) is 2.24. The third-order valence-corrected chi connectivity index (χ3v) is 3.44. The van der Waals surface area contributed by atoms with Gasteiger partial charge in [-0.2, -0.15) is 5.10 Å². The maximum Gasteiger partial charge on any atom is 0.413 e. The standard InChI is InChI=1S/C15H26N4O3/c1-15(2,3)22-14(20)18-13-11(8-17-19-13)7-16-12(9-21-4)10-5-6-10/h8,10,12,16H,5-7,9H2,1-4H3,(H2,17,18,19,20). The van der Waals surface area contributed by atoms with Gasteiger partial charge in [0.1, 0.15) is 11.4 Å². The molecule has 7 heteroatoms. The minimum absolute atomic E-state index is 0.342. The lowest BCUT2D eigenvalue weighted by Crippen LogP contribution is -2.35. The van der Waals surface area contributed by atoms with E-state index in [0.717, 1.165) is 5.56 Å². The lowest BCUT2D eigenvalue weighted by atomic mass is 10.2. The van der Waals surface area contributed by atoms with Gasteiger partial charge in [-0.15, -0.1) is 0 Å². The summed E-state index contributed by atoms with van der Waals surface area (Å²) in [6, 6.07) is 0.342. The Labute approximate surface area is 131 Å². The van der Waals surface area contributed by atoms with E-state index in [9.17, 15) is 4.79 Å². The van der Waals surface area contributed by atoms with E-state index in [1.54, 1.807) is 13.3 Å². The molecule has 1 aromatic rings. The lowest BCUT2D eigenvalue weighted by Gasteiger charge is -2.20. The molecule has 0 spiro atoms. The van der Waals surface area contributed by atoms with E-state index in [4.69, 9.17) is 9.47 Å². The molecule has 0 aromatic carbocycles. The van der Waals surface area contributed by atoms with Crippen LogP contribution < -0.4 is 10.6 Å². The van der Waals surface area contributed by atoms with E-state index >= 15 is 0 Å². The van der Waals surface area contributed by atoms with Crippen molar-refractivity contribution < 1.29 is 14.3 Å². The molecule has 0 radical (unpaired) electrons. The van der Waals surface area contributed by atoms with Gasteiger partial charge in [0.2, 0.25) is 0 Å². The molecule has 0 saturated heterocycles. The molecular formula is C15H26N4O3. The Hall–Kier alpha value is -1.60. The average molecular weight is 310 g/mol. The molecule has 3 N–H and O–H groups in total. The van der Waals surface area contributed by atoms with E-state index < -0.39 is 11.7 Å². The van der Waals surface area contributed by atoms with E-state index in [1.165, 1.54) is 12.8 Å². The van der Waals surface area contributed by atoms with Gasteiger partial charge >= 0.3 is 6.09 Å². The number of carbonyl (C=O) groups excluding carboxylic acids is 1. The molecule has 0 bridgehead atoms. The second-order valence-electron chi connectivity index (χ2n) is 6.68. The maximum absolute atomic E-state index is 11.8. The van der Waals surface area contributed by atoms with Gasteiger partial charge in [0.15, 0.2) is 0 Å². The number of aromatic amines is 1. The van der Waals surface area contributed by atoms with Crippen LogP contribution in [0.1, 0.15) is 39.2 Å². The lowest BCUT2D eigenvalue weighted by molar-refractivity contribution is 0.0635. The number of hydrogen-bond acceptors (Lipinski definition) is 5. The quantitative estimate of drug-likeness (QED) is 0.719. The molecule has 1 saturated carbocycles. The van der Waals surface area contributed by atoms with Crippen LogP contribution in [0.5, 0.6) is 0 Å². The first kappa shape index (κ1) is 16.8. The van der Waals surface area contributed by atoms with Gasteiger partial charge in [0, 0.05) is 25.3 Å². The normalized spacial score (nSPS) is 16.4. The van der Waals surface area contributed by atoms with E-state index in [2.05, 4.69) is 20.8 Å². The van der Waals surface area contributed by atoms with Gasteiger partial charge < -0.3 is 14.8 Å². The summed E-state index contributed by atoms with van der Waals surface area (Å²) in [5.74, 6) is 1.25. The molecule has 0 aliphatic heterocycles. The fourth-order valence-corrected chi connectivity index (χ4v) is 2.24. The first-order valence-corrected chi connectivity index (χ1v) is 7.63. The Kier molecular flexibility index (Phi) is 5.42. The number of methoxy groups -OCH3 is 1. The molecule has 7 nitrogen and oxygen atoms in total. The predicted molar refractivity (Wildman–Crippen MR) is 83.7 cm³/mol. The highest BCUT2D eigenvalue weighted by Gasteiger charge is 2.31. The van der Waals surface area contributed by atoms with Crippen molar-refractivity contribution in [2.45, 2.75) is 51.8 Å². The number of aromatic nitrogens is 2. The topological polar surface area (TPSA) is 88.3 Å². The Morgan fingerprint density at radius 3 is 2.82 bits per heavy atom. The highest BCUT2D eigenvalue weighted by atomic mass is 16.6. The molecule has 2 rings (SSSR count). The summed E-state index contributed by atoms with van der Waals surface area (Å²) in [7, 11) is 1.71. The van der Waals surface area contributed by atoms with E-state index in [0.29, 0.717) is 30.9 Å². The van der Waals surface area contributed by atoms with E-state index in [-0.39, 0.29) is 0 Å². The van der Waals surface area contributed by atoms with Crippen molar-refractivity contribution in [1.29, 1.82) is 0 Å². The molecule has 1 fully saturated rings. The Balaban J connectivity index is 1.87. The van der Waals surface area contributed by atoms with Gasteiger partial charge in [-0.05, 0) is 39.5 Å². The van der Waals surface area contributed by atoms with Crippen molar-refractivity contribution in [3.8, 4) is 0 Å². The second-order valence-corrected chi connectivity index (χ2v) is 6.68. The largest absolute Gasteiger partial charge is 0.444 e. The number of carbonyl (C=O) groups is 1. The predicted octanol–water partition coefficient (Wildman–Crippen LogP) is 2.27. The third kappa shape index (κ3) is 5.31. The van der Waals surface area contributed by atoms with Crippen LogP contribution >= 0.6 is 0 Å². The number of amides is 1. The van der Waals surface area contributed by atoms with Crippen LogP contribution in [0.15, 0.2) is 6.20 Å². The monoisotopic (exact) mass is 310 g/mol. The van der Waals surface area contributed by atoms with Crippen molar-refractivity contribution in [3.63, 3.8) is 0 Å². The van der Waals surface area contributed by atoms with Crippen LogP contribution in [0.2, 0.25) is 0 Å². The smallest absolute Gasteiger partial charge is 0.413 e. The van der Waals surface area contributed by atoms with E-state index in [1.807, 2.05) is 20.8 Å². The third-order valence-electron chi connectivity index (χ3n) is 3.44. The zero-order valence-corrected chi connectivity index (χ0v) is 13.7. The first-order chi connectivity index (χ1) is 10.4. The van der Waals surface area contributed by atoms with Gasteiger partial charge in [0.05, 0.1) is 12.8 Å². The number of H-pyrrole nitrogens is 1. The highest BCUT2D eigenvalue weighted by Crippen LogP contribution is 2.33. The van der Waals surface area contributed by atoms with Crippen LogP contribution in [0.4, 0.5) is 10.6 Å². The van der Waals surface area contributed by atoms with Gasteiger partial charge in [0.25, 0.3) is 0 Å². The highest BCUT2D eigenvalue weighted by molar-refractivity contribution is 5.84. The van der Waals surface area contributed by atoms with Crippen molar-refractivity contribution >= 4 is 11.9 Å². The number of nitrogens with one attached hydrogen (secondary N) is 3. The van der Waals surface area contributed by atoms with Gasteiger partial charge in [-0.3, -0.25) is 10.4 Å². The summed E-state index contributed by atoms with van der Waals surface area (Å²) < 4.78 is 10.5. The average Bonchev–Trinajstić information content (AvgIpc) is 3.15. The van der Waals surface area contributed by atoms with Crippen molar-refractivity contribution in [1.82, 2.24) is 15.5 Å². The van der Waals surface area contributed by atoms with Gasteiger partial charge in [-0.1, -0.05) is 0 Å². The molecule has 124 valence electrons. The number of nitrogens with zero attached hydrogens (tertiary/aromatic N) is 1. The van der Waals surface area contributed by atoms with Crippen molar-refractivity contribution in [2.75, 3.05) is 19.0 Å². The van der Waals surface area contributed by atoms with Gasteiger partial charge in [-0.25, -0.2) is 4.79 Å². The molecule has 1 aromatic heterocycles. The molecule has 1 amide bonds. The molecule has 1 unspecified atom stereocenters. The molecule has 1 heterocycles. The zero-order valence-electron chi connectivity index (χ0n) is 13.7. The summed E-state index contributed by atoms with van der Waals surface area (Å²) in [6.45, 7) is 6.79. The minimum Gasteiger partial charge on any atom is -0.444 e. The van der Waals surface area contributed by atoms with Crippen molar-refractivity contribution in [3.05, 3.63) is 11.8 Å². The minimum atomic E-state index is -0.530. The molecule has 22 heavy (non-hydrogen) atoms. The SMILES string of the molecule is COCC(NCc1cn[nH]c1NC(=O)OC(C)(C)C)C1CC1.